The SMILES string of the molecule is COc1ccc(C)cc1Nc1ccc(C(=O)NC(C)c2ccccc2)nn1. The van der Waals surface area contributed by atoms with E-state index in [1.54, 1.807) is 19.2 Å². The van der Waals surface area contributed by atoms with Gasteiger partial charge in [-0.3, -0.25) is 4.79 Å². The summed E-state index contributed by atoms with van der Waals surface area (Å²) in [6.45, 7) is 3.93. The van der Waals surface area contributed by atoms with E-state index in [4.69, 9.17) is 4.74 Å². The van der Waals surface area contributed by atoms with Crippen LogP contribution in [0, 0.1) is 6.92 Å². The van der Waals surface area contributed by atoms with Crippen molar-refractivity contribution in [2.24, 2.45) is 0 Å². The minimum absolute atomic E-state index is 0.116. The Morgan fingerprint density at radius 1 is 1.04 bits per heavy atom. The molecule has 1 unspecified atom stereocenters. The molecule has 1 aromatic heterocycles. The lowest BCUT2D eigenvalue weighted by atomic mass is 10.1. The van der Waals surface area contributed by atoms with E-state index < -0.39 is 0 Å². The molecule has 0 saturated carbocycles. The molecule has 0 spiro atoms. The quantitative estimate of drug-likeness (QED) is 0.692. The van der Waals surface area contributed by atoms with Crippen LogP contribution in [0.4, 0.5) is 11.5 Å². The fourth-order valence-corrected chi connectivity index (χ4v) is 2.67. The van der Waals surface area contributed by atoms with Crippen molar-refractivity contribution in [2.75, 3.05) is 12.4 Å². The number of rotatable bonds is 6. The number of ether oxygens (including phenoxy) is 1. The summed E-state index contributed by atoms with van der Waals surface area (Å²) in [5.41, 5.74) is 3.18. The van der Waals surface area contributed by atoms with Crippen molar-refractivity contribution in [2.45, 2.75) is 19.9 Å². The summed E-state index contributed by atoms with van der Waals surface area (Å²) in [6.07, 6.45) is 0. The van der Waals surface area contributed by atoms with Gasteiger partial charge in [0.25, 0.3) is 5.91 Å². The zero-order valence-corrected chi connectivity index (χ0v) is 15.6. The van der Waals surface area contributed by atoms with Crippen molar-refractivity contribution in [3.8, 4) is 5.75 Å². The van der Waals surface area contributed by atoms with Crippen LogP contribution >= 0.6 is 0 Å². The number of carbonyl (C=O) groups is 1. The maximum atomic E-state index is 12.4. The van der Waals surface area contributed by atoms with Crippen LogP contribution in [0.1, 0.15) is 34.6 Å². The van der Waals surface area contributed by atoms with E-state index in [1.807, 2.05) is 62.4 Å². The lowest BCUT2D eigenvalue weighted by Crippen LogP contribution is -2.27. The van der Waals surface area contributed by atoms with E-state index in [1.165, 1.54) is 0 Å². The van der Waals surface area contributed by atoms with Crippen LogP contribution in [-0.4, -0.2) is 23.2 Å². The van der Waals surface area contributed by atoms with Crippen LogP contribution in [0.2, 0.25) is 0 Å². The van der Waals surface area contributed by atoms with Gasteiger partial charge in [-0.15, -0.1) is 10.2 Å². The second-order valence-corrected chi connectivity index (χ2v) is 6.24. The van der Waals surface area contributed by atoms with Gasteiger partial charge in [-0.05, 0) is 49.2 Å². The minimum Gasteiger partial charge on any atom is -0.495 e. The first-order valence-corrected chi connectivity index (χ1v) is 8.68. The number of benzene rings is 2. The van der Waals surface area contributed by atoms with Crippen molar-refractivity contribution in [1.29, 1.82) is 0 Å². The summed E-state index contributed by atoms with van der Waals surface area (Å²) in [7, 11) is 1.61. The molecule has 6 heteroatoms. The van der Waals surface area contributed by atoms with Gasteiger partial charge < -0.3 is 15.4 Å². The normalized spacial score (nSPS) is 11.5. The van der Waals surface area contributed by atoms with Crippen molar-refractivity contribution >= 4 is 17.4 Å². The van der Waals surface area contributed by atoms with E-state index in [2.05, 4.69) is 20.8 Å². The Morgan fingerprint density at radius 3 is 2.48 bits per heavy atom. The average Bonchev–Trinajstić information content (AvgIpc) is 2.69. The van der Waals surface area contributed by atoms with Gasteiger partial charge in [0.05, 0.1) is 18.8 Å². The third kappa shape index (κ3) is 4.61. The van der Waals surface area contributed by atoms with Crippen LogP contribution < -0.4 is 15.4 Å². The molecule has 2 N–H and O–H groups in total. The molecule has 138 valence electrons. The van der Waals surface area contributed by atoms with E-state index in [0.29, 0.717) is 11.6 Å². The first kappa shape index (κ1) is 18.4. The molecule has 3 aromatic rings. The van der Waals surface area contributed by atoms with E-state index in [0.717, 1.165) is 16.8 Å². The van der Waals surface area contributed by atoms with Crippen LogP contribution in [0.5, 0.6) is 5.75 Å². The first-order valence-electron chi connectivity index (χ1n) is 8.68. The molecule has 0 bridgehead atoms. The number of aryl methyl sites for hydroxylation is 1. The van der Waals surface area contributed by atoms with Crippen molar-refractivity contribution in [3.63, 3.8) is 0 Å². The molecular formula is C21H22N4O2. The molecular weight excluding hydrogens is 340 g/mol. The van der Waals surface area contributed by atoms with E-state index >= 15 is 0 Å². The number of nitrogens with zero attached hydrogens (tertiary/aromatic N) is 2. The number of anilines is 2. The zero-order chi connectivity index (χ0) is 19.2. The highest BCUT2D eigenvalue weighted by molar-refractivity contribution is 5.92. The first-order chi connectivity index (χ1) is 13.1. The Kier molecular flexibility index (Phi) is 5.66. The maximum Gasteiger partial charge on any atom is 0.272 e. The fourth-order valence-electron chi connectivity index (χ4n) is 2.67. The van der Waals surface area contributed by atoms with Crippen LogP contribution in [-0.2, 0) is 0 Å². The van der Waals surface area contributed by atoms with Crippen molar-refractivity contribution in [3.05, 3.63) is 77.5 Å². The molecule has 0 fully saturated rings. The Balaban J connectivity index is 1.68. The van der Waals surface area contributed by atoms with Crippen LogP contribution in [0.3, 0.4) is 0 Å². The molecule has 0 aliphatic carbocycles. The number of hydrogen-bond acceptors (Lipinski definition) is 5. The fraction of sp³-hybridized carbons (Fsp3) is 0.190. The van der Waals surface area contributed by atoms with Crippen LogP contribution in [0.15, 0.2) is 60.7 Å². The summed E-state index contributed by atoms with van der Waals surface area (Å²) in [6, 6.07) is 18.8. The summed E-state index contributed by atoms with van der Waals surface area (Å²) in [4.78, 5) is 12.4. The molecule has 1 amide bonds. The third-order valence-electron chi connectivity index (χ3n) is 4.16. The lowest BCUT2D eigenvalue weighted by molar-refractivity contribution is 0.0934. The maximum absolute atomic E-state index is 12.4. The smallest absolute Gasteiger partial charge is 0.272 e. The van der Waals surface area contributed by atoms with Gasteiger partial charge in [-0.25, -0.2) is 0 Å². The summed E-state index contributed by atoms with van der Waals surface area (Å²) < 4.78 is 5.35. The van der Waals surface area contributed by atoms with E-state index in [-0.39, 0.29) is 17.6 Å². The molecule has 1 atom stereocenters. The average molecular weight is 362 g/mol. The molecule has 0 radical (unpaired) electrons. The Bertz CT molecular complexity index is 911. The van der Waals surface area contributed by atoms with Gasteiger partial charge >= 0.3 is 0 Å². The van der Waals surface area contributed by atoms with Crippen molar-refractivity contribution < 1.29 is 9.53 Å². The van der Waals surface area contributed by atoms with E-state index in [9.17, 15) is 4.79 Å². The third-order valence-corrected chi connectivity index (χ3v) is 4.16. The number of carbonyl (C=O) groups excluding carboxylic acids is 1. The summed E-state index contributed by atoms with van der Waals surface area (Å²) in [5, 5.41) is 14.2. The van der Waals surface area contributed by atoms with Gasteiger partial charge in [0, 0.05) is 0 Å². The van der Waals surface area contributed by atoms with Gasteiger partial charge in [-0.1, -0.05) is 36.4 Å². The Hall–Kier alpha value is -3.41. The molecule has 3 rings (SSSR count). The minimum atomic E-state index is -0.265. The zero-order valence-electron chi connectivity index (χ0n) is 15.6. The van der Waals surface area contributed by atoms with Gasteiger partial charge in [0.15, 0.2) is 11.5 Å². The predicted octanol–water partition coefficient (Wildman–Crippen LogP) is 4.03. The molecule has 1 heterocycles. The largest absolute Gasteiger partial charge is 0.495 e. The second kappa shape index (κ2) is 8.31. The molecule has 27 heavy (non-hydrogen) atoms. The highest BCUT2D eigenvalue weighted by atomic mass is 16.5. The lowest BCUT2D eigenvalue weighted by Gasteiger charge is -2.14. The molecule has 2 aromatic carbocycles. The highest BCUT2D eigenvalue weighted by Gasteiger charge is 2.13. The van der Waals surface area contributed by atoms with Gasteiger partial charge in [0.1, 0.15) is 5.75 Å². The number of hydrogen-bond donors (Lipinski definition) is 2. The summed E-state index contributed by atoms with van der Waals surface area (Å²) in [5.74, 6) is 0.978. The van der Waals surface area contributed by atoms with Crippen LogP contribution in [0.25, 0.3) is 0 Å². The van der Waals surface area contributed by atoms with Gasteiger partial charge in [0.2, 0.25) is 0 Å². The number of aromatic nitrogens is 2. The molecule has 0 aliphatic rings. The Labute approximate surface area is 158 Å². The number of methoxy groups -OCH3 is 1. The predicted molar refractivity (Wildman–Crippen MR) is 105 cm³/mol. The van der Waals surface area contributed by atoms with Crippen molar-refractivity contribution in [1.82, 2.24) is 15.5 Å². The monoisotopic (exact) mass is 362 g/mol. The number of amides is 1. The topological polar surface area (TPSA) is 76.1 Å². The number of nitrogens with one attached hydrogen (secondary N) is 2. The summed E-state index contributed by atoms with van der Waals surface area (Å²) >= 11 is 0. The highest BCUT2D eigenvalue weighted by Crippen LogP contribution is 2.27. The second-order valence-electron chi connectivity index (χ2n) is 6.24. The molecule has 6 nitrogen and oxygen atoms in total. The molecule has 0 saturated heterocycles. The Morgan fingerprint density at radius 2 is 1.81 bits per heavy atom. The van der Waals surface area contributed by atoms with Gasteiger partial charge in [-0.2, -0.15) is 0 Å². The standard InChI is InChI=1S/C21H22N4O2/c1-14-9-11-19(27-3)18(13-14)23-20-12-10-17(24-25-20)21(26)22-15(2)16-7-5-4-6-8-16/h4-13,15H,1-3H3,(H,22,26)(H,23,25). The molecule has 0 aliphatic heterocycles.